The Balaban J connectivity index is 1.71. The molecule has 1 aromatic carbocycles. The van der Waals surface area contributed by atoms with Crippen molar-refractivity contribution in [2.45, 2.75) is 149 Å². The fourth-order valence-corrected chi connectivity index (χ4v) is 9.96. The van der Waals surface area contributed by atoms with Crippen LogP contribution in [0.5, 0.6) is 0 Å². The van der Waals surface area contributed by atoms with Crippen molar-refractivity contribution in [1.29, 1.82) is 0 Å². The van der Waals surface area contributed by atoms with Gasteiger partial charge in [-0.1, -0.05) is 58.0 Å². The molecule has 3 heterocycles. The van der Waals surface area contributed by atoms with Crippen LogP contribution in [0.1, 0.15) is 106 Å². The minimum Gasteiger partial charge on any atom is -0.445 e. The molecule has 4 rings (SSSR count). The molecule has 3 aliphatic rings. The lowest BCUT2D eigenvalue weighted by Crippen LogP contribution is -2.61. The summed E-state index contributed by atoms with van der Waals surface area (Å²) in [7, 11) is 2.76. The number of rotatable bonds is 8. The summed E-state index contributed by atoms with van der Waals surface area (Å²) in [5, 5.41) is 15.7. The minimum atomic E-state index is -1.50. The number of hydrogen-bond donors (Lipinski definition) is 6. The highest BCUT2D eigenvalue weighted by molar-refractivity contribution is 5.97. The molecule has 0 aromatic heterocycles. The van der Waals surface area contributed by atoms with Gasteiger partial charge >= 0.3 is 12.2 Å². The van der Waals surface area contributed by atoms with Crippen molar-refractivity contribution in [2.75, 3.05) is 79.5 Å². The summed E-state index contributed by atoms with van der Waals surface area (Å²) in [5.74, 6) is -7.93. The van der Waals surface area contributed by atoms with Gasteiger partial charge in [-0.05, 0) is 90.5 Å². The molecule has 0 radical (unpaired) electrons. The first kappa shape index (κ1) is 66.0. The van der Waals surface area contributed by atoms with Crippen molar-refractivity contribution >= 4 is 71.3 Å². The third kappa shape index (κ3) is 19.3. The second-order valence-electron chi connectivity index (χ2n) is 22.2. The average molecular weight is 1140 g/mol. The summed E-state index contributed by atoms with van der Waals surface area (Å²) in [5.41, 5.74) is -0.333. The van der Waals surface area contributed by atoms with E-state index in [1.54, 1.807) is 92.6 Å². The number of hydrogen-bond acceptors (Lipinski definition) is 14. The molecule has 3 saturated heterocycles. The Labute approximate surface area is 474 Å². The first-order valence-corrected chi connectivity index (χ1v) is 27.9. The Kier molecular flexibility index (Phi) is 25.2. The van der Waals surface area contributed by atoms with E-state index >= 15 is 0 Å². The van der Waals surface area contributed by atoms with Crippen molar-refractivity contribution < 1.29 is 67.0 Å². The number of ether oxygens (including phenoxy) is 2. The number of carbonyl (C=O) groups is 12. The normalized spacial score (nSPS) is 24.0. The molecule has 3 fully saturated rings. The molecule has 0 spiro atoms. The predicted octanol–water partition coefficient (Wildman–Crippen LogP) is 0.0783. The van der Waals surface area contributed by atoms with Crippen LogP contribution >= 0.6 is 0 Å². The molecule has 12 amide bonds. The van der Waals surface area contributed by atoms with Crippen molar-refractivity contribution in [3.05, 3.63) is 35.9 Å². The fraction of sp³-hybridized carbons (Fsp3) is 0.673. The molecule has 1 aromatic rings. The monoisotopic (exact) mass is 1140 g/mol. The van der Waals surface area contributed by atoms with Gasteiger partial charge in [0.25, 0.3) is 0 Å². The van der Waals surface area contributed by atoms with Gasteiger partial charge in [-0.2, -0.15) is 0 Å². The van der Waals surface area contributed by atoms with Crippen LogP contribution < -0.4 is 31.9 Å². The zero-order valence-corrected chi connectivity index (χ0v) is 48.9. The van der Waals surface area contributed by atoms with E-state index in [0.717, 1.165) is 9.80 Å². The van der Waals surface area contributed by atoms with Gasteiger partial charge in [0.05, 0.1) is 26.2 Å². The smallest absolute Gasteiger partial charge is 0.408 e. The van der Waals surface area contributed by atoms with Gasteiger partial charge in [0.1, 0.15) is 48.5 Å². The lowest BCUT2D eigenvalue weighted by atomic mass is 9.99. The third-order valence-electron chi connectivity index (χ3n) is 14.3. The summed E-state index contributed by atoms with van der Waals surface area (Å²) in [4.78, 5) is 175. The number of nitrogens with zero attached hydrogens (tertiary/aromatic N) is 6. The van der Waals surface area contributed by atoms with E-state index in [1.165, 1.54) is 33.7 Å². The molecule has 26 heteroatoms. The highest BCUT2D eigenvalue weighted by atomic mass is 16.6. The van der Waals surface area contributed by atoms with Crippen LogP contribution in [0.15, 0.2) is 30.3 Å². The number of amides is 12. The Morgan fingerprint density at radius 1 is 0.580 bits per heavy atom. The van der Waals surface area contributed by atoms with E-state index in [4.69, 9.17) is 9.47 Å². The predicted molar refractivity (Wildman–Crippen MR) is 295 cm³/mol. The van der Waals surface area contributed by atoms with E-state index in [0.29, 0.717) is 31.2 Å². The molecule has 450 valence electrons. The Morgan fingerprint density at radius 3 is 1.37 bits per heavy atom. The number of alkyl carbamates (subject to hydrolysis) is 2. The van der Waals surface area contributed by atoms with E-state index in [-0.39, 0.29) is 45.6 Å². The van der Waals surface area contributed by atoms with Gasteiger partial charge in [0.15, 0.2) is 0 Å². The number of carbonyl (C=O) groups excluding carboxylic acids is 12. The van der Waals surface area contributed by atoms with Crippen molar-refractivity contribution in [3.63, 3.8) is 0 Å². The lowest BCUT2D eigenvalue weighted by Gasteiger charge is -2.37. The quantitative estimate of drug-likeness (QED) is 0.201. The van der Waals surface area contributed by atoms with Crippen LogP contribution in [0.25, 0.3) is 0 Å². The molecule has 81 heavy (non-hydrogen) atoms. The number of nitrogens with one attached hydrogen (secondary N) is 6. The van der Waals surface area contributed by atoms with Crippen LogP contribution in [0.2, 0.25) is 0 Å². The standard InChI is InChI=1S/C55H86N12O14/c1-12-64-31-43(70)62(10)45(34(3)4)49(74)56-27-37(60-53(78)80-33-36-21-15-14-16-22-36)51(76)66-25-19-17-23-39(66)47(72)58-29-41(68)65(13-2)32-44(71)63(11)46(35(5)6)50(75)57-28-38(61-54(79)81-55(7,8)9)52(77)67-26-20-18-24-40(67)48(73)59-30-42(64)69/h14-16,21-22,34-35,37-40,45-46H,12-13,17-20,23-33H2,1-11H3,(H,56,74)(H,57,75)(H,58,72)(H,59,73)(H,60,78)(H,61,79)/t37-,38-,39+,40+,45+,46+/m1/s1. The van der Waals surface area contributed by atoms with E-state index < -0.39 is 164 Å². The van der Waals surface area contributed by atoms with Crippen LogP contribution in [0.4, 0.5) is 9.59 Å². The highest BCUT2D eigenvalue weighted by Crippen LogP contribution is 2.22. The van der Waals surface area contributed by atoms with Crippen molar-refractivity contribution in [3.8, 4) is 0 Å². The molecule has 6 atom stereocenters. The van der Waals surface area contributed by atoms with Crippen molar-refractivity contribution in [2.24, 2.45) is 11.8 Å². The van der Waals surface area contributed by atoms with Gasteiger partial charge in [0, 0.05) is 53.4 Å². The SMILES string of the molecule is CCN1CC(=O)N(C)[C@@H](C(C)C)C(=O)NC[C@@H](NC(=O)OC(C)(C)C)C(=O)N2CCCC[C@H]2C(=O)NCC(=O)N(CC)CC(=O)N(C)[C@@H](C(C)C)C(=O)NC[C@@H](NC(=O)OCc2ccccc2)C(=O)N2CCCC[C@H]2C(=O)NCC1=O. The number of likely N-dealkylation sites (N-methyl/N-ethyl adjacent to an activating group) is 4. The molecule has 3 aliphatic heterocycles. The Morgan fingerprint density at radius 2 is 0.988 bits per heavy atom. The Hall–Kier alpha value is -7.54. The van der Waals surface area contributed by atoms with Crippen LogP contribution in [0, 0.1) is 11.8 Å². The van der Waals surface area contributed by atoms with E-state index in [1.807, 2.05) is 0 Å². The zero-order chi connectivity index (χ0) is 60.3. The third-order valence-corrected chi connectivity index (χ3v) is 14.3. The first-order valence-electron chi connectivity index (χ1n) is 27.9. The summed E-state index contributed by atoms with van der Waals surface area (Å²) in [6, 6.07) is 1.22. The van der Waals surface area contributed by atoms with Gasteiger partial charge in [-0.3, -0.25) is 47.9 Å². The maximum atomic E-state index is 14.6. The average Bonchev–Trinajstić information content (AvgIpc) is 3.47. The molecule has 0 saturated carbocycles. The number of benzene rings is 1. The second-order valence-corrected chi connectivity index (χ2v) is 22.2. The largest absolute Gasteiger partial charge is 0.445 e. The molecular weight excluding hydrogens is 1050 g/mol. The molecule has 26 nitrogen and oxygen atoms in total. The van der Waals surface area contributed by atoms with Crippen molar-refractivity contribution in [1.82, 2.24) is 61.3 Å². The molecule has 0 bridgehead atoms. The number of fused-ring (bicyclic) bond motifs is 2. The second kappa shape index (κ2) is 30.9. The first-order chi connectivity index (χ1) is 38.2. The minimum absolute atomic E-state index is 0.0189. The van der Waals surface area contributed by atoms with E-state index in [2.05, 4.69) is 31.9 Å². The van der Waals surface area contributed by atoms with Crippen LogP contribution in [-0.4, -0.2) is 222 Å². The van der Waals surface area contributed by atoms with Gasteiger partial charge in [0.2, 0.25) is 59.1 Å². The van der Waals surface area contributed by atoms with Crippen LogP contribution in [0.3, 0.4) is 0 Å². The highest BCUT2D eigenvalue weighted by Gasteiger charge is 2.41. The maximum Gasteiger partial charge on any atom is 0.408 e. The molecule has 6 N–H and O–H groups in total. The number of piperidine rings is 2. The van der Waals surface area contributed by atoms with Gasteiger partial charge in [-0.15, -0.1) is 0 Å². The van der Waals surface area contributed by atoms with Gasteiger partial charge < -0.3 is 70.8 Å². The Bertz CT molecular complexity index is 2420. The van der Waals surface area contributed by atoms with Crippen LogP contribution in [-0.2, 0) is 64.0 Å². The zero-order valence-electron chi connectivity index (χ0n) is 48.9. The molecule has 0 unspecified atom stereocenters. The fourth-order valence-electron chi connectivity index (χ4n) is 9.96. The molecular formula is C55H86N12O14. The van der Waals surface area contributed by atoms with E-state index in [9.17, 15) is 57.5 Å². The maximum absolute atomic E-state index is 14.6. The lowest BCUT2D eigenvalue weighted by molar-refractivity contribution is -0.147. The summed E-state index contributed by atoms with van der Waals surface area (Å²) in [6.07, 6.45) is 0.399. The summed E-state index contributed by atoms with van der Waals surface area (Å²) < 4.78 is 10.9. The van der Waals surface area contributed by atoms with Gasteiger partial charge in [-0.25, -0.2) is 9.59 Å². The summed E-state index contributed by atoms with van der Waals surface area (Å²) in [6.45, 7) is 11.7. The summed E-state index contributed by atoms with van der Waals surface area (Å²) >= 11 is 0. The topological polar surface area (TPSA) is 315 Å². The molecule has 0 aliphatic carbocycles.